The fourth-order valence-electron chi connectivity index (χ4n) is 2.22. The van der Waals surface area contributed by atoms with E-state index in [-0.39, 0.29) is 24.2 Å². The molecule has 1 aliphatic heterocycles. The van der Waals surface area contributed by atoms with Crippen molar-refractivity contribution in [1.82, 2.24) is 4.98 Å². The smallest absolute Gasteiger partial charge is 0.402 e. The highest BCUT2D eigenvalue weighted by Gasteiger charge is 2.45. The summed E-state index contributed by atoms with van der Waals surface area (Å²) >= 11 is 0. The Morgan fingerprint density at radius 2 is 2.11 bits per heavy atom. The lowest BCUT2D eigenvalue weighted by Gasteiger charge is -2.25. The van der Waals surface area contributed by atoms with E-state index in [0.29, 0.717) is 0 Å². The third-order valence-electron chi connectivity index (χ3n) is 4.09. The molecule has 0 bridgehead atoms. The molecule has 0 N–H and O–H groups in total. The number of pyridine rings is 1. The van der Waals surface area contributed by atoms with Crippen molar-refractivity contribution in [2.24, 2.45) is 0 Å². The molecule has 2 atom stereocenters. The predicted molar refractivity (Wildman–Crippen MR) is 78.7 cm³/mol. The molecule has 1 aromatic rings. The van der Waals surface area contributed by atoms with Crippen molar-refractivity contribution in [2.75, 3.05) is 0 Å². The zero-order valence-corrected chi connectivity index (χ0v) is 12.9. The number of nitrogens with zero attached hydrogens (tertiary/aromatic N) is 1. The van der Waals surface area contributed by atoms with Gasteiger partial charge in [-0.1, -0.05) is 27.7 Å². The Labute approximate surface area is 116 Å². The lowest BCUT2D eigenvalue weighted by Crippen LogP contribution is -2.37. The van der Waals surface area contributed by atoms with Gasteiger partial charge in [-0.05, 0) is 37.9 Å². The van der Waals surface area contributed by atoms with Crippen LogP contribution in [0.4, 0.5) is 0 Å². The van der Waals surface area contributed by atoms with Gasteiger partial charge in [-0.3, -0.25) is 4.98 Å². The molecule has 0 aliphatic carbocycles. The van der Waals surface area contributed by atoms with Gasteiger partial charge in [0.15, 0.2) is 0 Å². The quantitative estimate of drug-likeness (QED) is 0.767. The molecule has 19 heavy (non-hydrogen) atoms. The highest BCUT2D eigenvalue weighted by atomic mass is 16.7. The van der Waals surface area contributed by atoms with E-state index in [1.165, 1.54) is 0 Å². The van der Waals surface area contributed by atoms with Crippen molar-refractivity contribution < 1.29 is 9.31 Å². The van der Waals surface area contributed by atoms with Crippen LogP contribution in [0.2, 0.25) is 0 Å². The summed E-state index contributed by atoms with van der Waals surface area (Å²) in [7, 11) is -0.274. The van der Waals surface area contributed by atoms with Gasteiger partial charge in [0.05, 0.1) is 11.7 Å². The fraction of sp³-hybridized carbons (Fsp3) is 0.667. The van der Waals surface area contributed by atoms with Gasteiger partial charge in [-0.15, -0.1) is 0 Å². The summed E-state index contributed by atoms with van der Waals surface area (Å²) in [6.45, 7) is 12.8. The number of rotatable bonds is 2. The van der Waals surface area contributed by atoms with Gasteiger partial charge in [-0.2, -0.15) is 0 Å². The van der Waals surface area contributed by atoms with Gasteiger partial charge in [0, 0.05) is 17.3 Å². The third-order valence-corrected chi connectivity index (χ3v) is 4.09. The Hall–Kier alpha value is -0.865. The van der Waals surface area contributed by atoms with E-state index in [1.807, 2.05) is 12.3 Å². The first-order valence-electron chi connectivity index (χ1n) is 7.06. The zero-order chi connectivity index (χ0) is 14.3. The highest BCUT2D eigenvalue weighted by Crippen LogP contribution is 2.30. The predicted octanol–water partition coefficient (Wildman–Crippen LogP) is 2.68. The molecule has 2 heterocycles. The Morgan fingerprint density at radius 1 is 1.42 bits per heavy atom. The molecule has 4 heteroatoms. The fourth-order valence-corrected chi connectivity index (χ4v) is 2.22. The average Bonchev–Trinajstić information content (AvgIpc) is 2.66. The van der Waals surface area contributed by atoms with Crippen LogP contribution >= 0.6 is 0 Å². The van der Waals surface area contributed by atoms with E-state index in [1.54, 1.807) is 0 Å². The van der Waals surface area contributed by atoms with Gasteiger partial charge in [0.2, 0.25) is 0 Å². The first-order chi connectivity index (χ1) is 8.76. The maximum absolute atomic E-state index is 6.11. The molecule has 3 nitrogen and oxygen atoms in total. The topological polar surface area (TPSA) is 31.4 Å². The van der Waals surface area contributed by atoms with Gasteiger partial charge >= 0.3 is 7.12 Å². The number of aromatic nitrogens is 1. The SMILES string of the molecule is CCC1(C)OB(c2ccnc(C(C)(C)C)c2)OC1C. The van der Waals surface area contributed by atoms with Crippen LogP contribution in [0.5, 0.6) is 0 Å². The van der Waals surface area contributed by atoms with Crippen LogP contribution in [-0.4, -0.2) is 23.8 Å². The molecule has 1 fully saturated rings. The Morgan fingerprint density at radius 3 is 2.63 bits per heavy atom. The highest BCUT2D eigenvalue weighted by molar-refractivity contribution is 6.62. The van der Waals surface area contributed by atoms with Crippen molar-refractivity contribution >= 4 is 12.6 Å². The van der Waals surface area contributed by atoms with Crippen molar-refractivity contribution in [2.45, 2.75) is 65.1 Å². The molecule has 2 rings (SSSR count). The minimum absolute atomic E-state index is 0.0360. The molecular weight excluding hydrogens is 237 g/mol. The Kier molecular flexibility index (Phi) is 3.76. The minimum atomic E-state index is -0.274. The molecule has 2 unspecified atom stereocenters. The van der Waals surface area contributed by atoms with Crippen LogP contribution in [0.15, 0.2) is 18.3 Å². The molecule has 1 saturated heterocycles. The number of hydrogen-bond donors (Lipinski definition) is 0. The van der Waals surface area contributed by atoms with E-state index < -0.39 is 0 Å². The summed E-state index contributed by atoms with van der Waals surface area (Å²) in [5, 5.41) is 0. The number of hydrogen-bond acceptors (Lipinski definition) is 3. The normalized spacial score (nSPS) is 27.9. The molecule has 1 aromatic heterocycles. The summed E-state index contributed by atoms with van der Waals surface area (Å²) in [6, 6.07) is 4.08. The van der Waals surface area contributed by atoms with Gasteiger partial charge in [0.25, 0.3) is 0 Å². The van der Waals surface area contributed by atoms with E-state index in [0.717, 1.165) is 17.6 Å². The second-order valence-electron chi connectivity index (χ2n) is 6.62. The van der Waals surface area contributed by atoms with E-state index in [2.05, 4.69) is 52.6 Å². The molecular formula is C15H24BNO2. The summed E-state index contributed by atoms with van der Waals surface area (Å²) in [6.07, 6.45) is 2.89. The molecule has 104 valence electrons. The van der Waals surface area contributed by atoms with Gasteiger partial charge in [0.1, 0.15) is 0 Å². The molecule has 0 saturated carbocycles. The van der Waals surface area contributed by atoms with Crippen LogP contribution in [-0.2, 0) is 14.7 Å². The summed E-state index contributed by atoms with van der Waals surface area (Å²) < 4.78 is 12.1. The summed E-state index contributed by atoms with van der Waals surface area (Å²) in [5.74, 6) is 0. The molecule has 1 aliphatic rings. The van der Waals surface area contributed by atoms with Gasteiger partial charge in [-0.25, -0.2) is 0 Å². The molecule has 0 radical (unpaired) electrons. The van der Waals surface area contributed by atoms with Crippen molar-refractivity contribution in [3.05, 3.63) is 24.0 Å². The van der Waals surface area contributed by atoms with E-state index >= 15 is 0 Å². The van der Waals surface area contributed by atoms with E-state index in [9.17, 15) is 0 Å². The standard InChI is InChI=1S/C15H24BNO2/c1-7-15(6)11(2)18-16(19-15)12-8-9-17-13(10-12)14(3,4)5/h8-11H,7H2,1-6H3. The second-order valence-corrected chi connectivity index (χ2v) is 6.62. The Bertz CT molecular complexity index is 458. The first-order valence-corrected chi connectivity index (χ1v) is 7.06. The van der Waals surface area contributed by atoms with Gasteiger partial charge < -0.3 is 9.31 Å². The molecule has 0 amide bonds. The second kappa shape index (κ2) is 4.91. The zero-order valence-electron chi connectivity index (χ0n) is 12.9. The Balaban J connectivity index is 2.25. The van der Waals surface area contributed by atoms with E-state index in [4.69, 9.17) is 9.31 Å². The average molecular weight is 261 g/mol. The van der Waals surface area contributed by atoms with Crippen molar-refractivity contribution in [3.63, 3.8) is 0 Å². The molecule has 0 spiro atoms. The lowest BCUT2D eigenvalue weighted by molar-refractivity contribution is 0.0609. The van der Waals surface area contributed by atoms with Crippen LogP contribution in [0, 0.1) is 0 Å². The van der Waals surface area contributed by atoms with Crippen LogP contribution in [0.1, 0.15) is 53.7 Å². The van der Waals surface area contributed by atoms with Crippen molar-refractivity contribution in [1.29, 1.82) is 0 Å². The maximum Gasteiger partial charge on any atom is 0.494 e. The van der Waals surface area contributed by atoms with Crippen LogP contribution in [0.25, 0.3) is 0 Å². The van der Waals surface area contributed by atoms with Crippen LogP contribution in [0.3, 0.4) is 0 Å². The van der Waals surface area contributed by atoms with Crippen molar-refractivity contribution in [3.8, 4) is 0 Å². The maximum atomic E-state index is 6.11. The largest absolute Gasteiger partial charge is 0.494 e. The third kappa shape index (κ3) is 2.85. The molecule has 0 aromatic carbocycles. The minimum Gasteiger partial charge on any atom is -0.402 e. The monoisotopic (exact) mass is 261 g/mol. The summed E-state index contributed by atoms with van der Waals surface area (Å²) in [4.78, 5) is 4.45. The van der Waals surface area contributed by atoms with Crippen LogP contribution < -0.4 is 5.46 Å². The first kappa shape index (κ1) is 14.5. The summed E-state index contributed by atoms with van der Waals surface area (Å²) in [5.41, 5.74) is 1.96. The lowest BCUT2D eigenvalue weighted by atomic mass is 9.77.